The van der Waals surface area contributed by atoms with Crippen molar-refractivity contribution in [3.8, 4) is 5.75 Å². The lowest BCUT2D eigenvalue weighted by atomic mass is 10.2. The maximum absolute atomic E-state index is 5.70. The van der Waals surface area contributed by atoms with E-state index in [1.165, 1.54) is 0 Å². The number of nitrogens with one attached hydrogen (secondary N) is 2. The number of ether oxygens (including phenoxy) is 1. The molecule has 0 saturated carbocycles. The van der Waals surface area contributed by atoms with Crippen LogP contribution < -0.4 is 10.1 Å². The summed E-state index contributed by atoms with van der Waals surface area (Å²) in [5.41, 5.74) is 2.12. The molecule has 0 radical (unpaired) electrons. The summed E-state index contributed by atoms with van der Waals surface area (Å²) in [6.45, 7) is 7.70. The summed E-state index contributed by atoms with van der Waals surface area (Å²) in [4.78, 5) is 7.37. The normalized spacial score (nSPS) is 10.7. The van der Waals surface area contributed by atoms with Crippen LogP contribution in [0.25, 0.3) is 0 Å². The number of benzene rings is 1. The maximum Gasteiger partial charge on any atom is 0.121 e. The second-order valence-electron chi connectivity index (χ2n) is 5.08. The van der Waals surface area contributed by atoms with Gasteiger partial charge in [0.1, 0.15) is 11.6 Å². The predicted octanol–water partition coefficient (Wildman–Crippen LogP) is 3.37. The molecule has 0 fully saturated rings. The Morgan fingerprint density at radius 3 is 2.89 bits per heavy atom. The average Bonchev–Trinajstić information content (AvgIpc) is 2.80. The molecule has 0 atom stereocenters. The first-order valence-corrected chi connectivity index (χ1v) is 6.60. The summed E-state index contributed by atoms with van der Waals surface area (Å²) in [5, 5.41) is 3.35. The van der Waals surface area contributed by atoms with Crippen molar-refractivity contribution in [3.05, 3.63) is 42.0 Å². The Morgan fingerprint density at radius 2 is 2.21 bits per heavy atom. The molecule has 4 nitrogen and oxygen atoms in total. The van der Waals surface area contributed by atoms with Crippen LogP contribution in [0.4, 0.5) is 5.69 Å². The molecule has 0 aliphatic heterocycles. The van der Waals surface area contributed by atoms with E-state index in [4.69, 9.17) is 4.74 Å². The van der Waals surface area contributed by atoms with Crippen LogP contribution >= 0.6 is 0 Å². The number of hydrogen-bond donors (Lipinski definition) is 2. The van der Waals surface area contributed by atoms with E-state index in [9.17, 15) is 0 Å². The van der Waals surface area contributed by atoms with Gasteiger partial charge >= 0.3 is 0 Å². The number of aromatic nitrogens is 2. The van der Waals surface area contributed by atoms with E-state index in [0.29, 0.717) is 5.92 Å². The van der Waals surface area contributed by atoms with Crippen molar-refractivity contribution in [2.24, 2.45) is 5.92 Å². The van der Waals surface area contributed by atoms with Gasteiger partial charge in [-0.2, -0.15) is 0 Å². The number of anilines is 1. The van der Waals surface area contributed by atoms with Crippen molar-refractivity contribution in [1.82, 2.24) is 9.97 Å². The zero-order valence-corrected chi connectivity index (χ0v) is 11.7. The third-order valence-corrected chi connectivity index (χ3v) is 2.66. The second-order valence-corrected chi connectivity index (χ2v) is 5.08. The first-order valence-electron chi connectivity index (χ1n) is 6.60. The molecule has 2 rings (SSSR count). The minimum absolute atomic E-state index is 0.532. The Balaban J connectivity index is 1.91. The third-order valence-electron chi connectivity index (χ3n) is 2.66. The van der Waals surface area contributed by atoms with Gasteiger partial charge in [-0.05, 0) is 25.0 Å². The van der Waals surface area contributed by atoms with Gasteiger partial charge in [-0.3, -0.25) is 0 Å². The number of nitrogens with zero attached hydrogens (tertiary/aromatic N) is 1. The molecule has 2 aromatic rings. The van der Waals surface area contributed by atoms with Crippen molar-refractivity contribution < 1.29 is 4.74 Å². The van der Waals surface area contributed by atoms with Crippen LogP contribution in [0, 0.1) is 12.8 Å². The predicted molar refractivity (Wildman–Crippen MR) is 77.4 cm³/mol. The Morgan fingerprint density at radius 1 is 1.37 bits per heavy atom. The lowest BCUT2D eigenvalue weighted by Crippen LogP contribution is -2.05. The van der Waals surface area contributed by atoms with E-state index in [-0.39, 0.29) is 0 Å². The fourth-order valence-electron chi connectivity index (χ4n) is 1.72. The first kappa shape index (κ1) is 13.5. The van der Waals surface area contributed by atoms with E-state index in [1.54, 1.807) is 0 Å². The lowest BCUT2D eigenvalue weighted by Gasteiger charge is -2.10. The number of H-pyrrole nitrogens is 1. The van der Waals surface area contributed by atoms with E-state index in [2.05, 4.69) is 29.1 Å². The summed E-state index contributed by atoms with van der Waals surface area (Å²) >= 11 is 0. The number of aromatic amines is 1. The number of aryl methyl sites for hydroxylation is 1. The molecule has 0 unspecified atom stereocenters. The zero-order chi connectivity index (χ0) is 13.7. The maximum atomic E-state index is 5.70. The average molecular weight is 259 g/mol. The molecule has 2 N–H and O–H groups in total. The van der Waals surface area contributed by atoms with Gasteiger partial charge < -0.3 is 15.0 Å². The van der Waals surface area contributed by atoms with Crippen LogP contribution in [-0.2, 0) is 6.54 Å². The van der Waals surface area contributed by atoms with Crippen molar-refractivity contribution in [2.75, 3.05) is 11.9 Å². The molecular formula is C15H21N3O. The van der Waals surface area contributed by atoms with Crippen molar-refractivity contribution in [2.45, 2.75) is 27.3 Å². The molecule has 4 heteroatoms. The minimum atomic E-state index is 0.532. The first-order chi connectivity index (χ1) is 9.13. The Bertz CT molecular complexity index is 520. The second kappa shape index (κ2) is 6.27. The smallest absolute Gasteiger partial charge is 0.121 e. The van der Waals surface area contributed by atoms with Crippen LogP contribution in [0.2, 0.25) is 0 Å². The molecule has 0 aliphatic carbocycles. The highest BCUT2D eigenvalue weighted by atomic mass is 16.5. The summed E-state index contributed by atoms with van der Waals surface area (Å²) in [5.74, 6) is 2.37. The molecule has 0 bridgehead atoms. The van der Waals surface area contributed by atoms with Crippen molar-refractivity contribution in [3.63, 3.8) is 0 Å². The number of rotatable bonds is 6. The van der Waals surface area contributed by atoms with Crippen LogP contribution in [0.15, 0.2) is 30.5 Å². The standard InChI is InChI=1S/C15H21N3O/c1-11(2)10-19-15-6-4-5-13(7-15)17-9-14-8-16-12(3)18-14/h4-8,11,17H,9-10H2,1-3H3,(H,16,18). The van der Waals surface area contributed by atoms with Crippen LogP contribution in [0.5, 0.6) is 5.75 Å². The number of imidazole rings is 1. The molecule has 1 aromatic carbocycles. The molecule has 0 saturated heterocycles. The van der Waals surface area contributed by atoms with Crippen molar-refractivity contribution >= 4 is 5.69 Å². The Labute approximate surface area is 114 Å². The molecular weight excluding hydrogens is 238 g/mol. The van der Waals surface area contributed by atoms with E-state index in [0.717, 1.165) is 36.1 Å². The van der Waals surface area contributed by atoms with Gasteiger partial charge in [0.2, 0.25) is 0 Å². The zero-order valence-electron chi connectivity index (χ0n) is 11.7. The Kier molecular flexibility index (Phi) is 4.44. The third kappa shape index (κ3) is 4.32. The van der Waals surface area contributed by atoms with E-state index in [1.807, 2.05) is 37.4 Å². The molecule has 102 valence electrons. The van der Waals surface area contributed by atoms with E-state index < -0.39 is 0 Å². The fraction of sp³-hybridized carbons (Fsp3) is 0.400. The summed E-state index contributed by atoms with van der Waals surface area (Å²) < 4.78 is 5.70. The topological polar surface area (TPSA) is 49.9 Å². The number of hydrogen-bond acceptors (Lipinski definition) is 3. The molecule has 1 heterocycles. The van der Waals surface area contributed by atoms with Crippen LogP contribution in [0.3, 0.4) is 0 Å². The van der Waals surface area contributed by atoms with Crippen LogP contribution in [0.1, 0.15) is 25.4 Å². The molecule has 0 spiro atoms. The SMILES string of the molecule is Cc1ncc(CNc2cccc(OCC(C)C)c2)[nH]1. The summed E-state index contributed by atoms with van der Waals surface area (Å²) in [7, 11) is 0. The minimum Gasteiger partial charge on any atom is -0.493 e. The Hall–Kier alpha value is -1.97. The van der Waals surface area contributed by atoms with Crippen LogP contribution in [-0.4, -0.2) is 16.6 Å². The van der Waals surface area contributed by atoms with Gasteiger partial charge in [0.05, 0.1) is 25.0 Å². The summed E-state index contributed by atoms with van der Waals surface area (Å²) in [6, 6.07) is 8.03. The quantitative estimate of drug-likeness (QED) is 0.836. The van der Waals surface area contributed by atoms with E-state index >= 15 is 0 Å². The largest absolute Gasteiger partial charge is 0.493 e. The van der Waals surface area contributed by atoms with Gasteiger partial charge in [0.15, 0.2) is 0 Å². The molecule has 1 aromatic heterocycles. The van der Waals surface area contributed by atoms with Gasteiger partial charge in [0, 0.05) is 11.8 Å². The summed E-state index contributed by atoms with van der Waals surface area (Å²) in [6.07, 6.45) is 1.85. The van der Waals surface area contributed by atoms with Crippen molar-refractivity contribution in [1.29, 1.82) is 0 Å². The molecule has 19 heavy (non-hydrogen) atoms. The van der Waals surface area contributed by atoms with Gasteiger partial charge in [0.25, 0.3) is 0 Å². The highest BCUT2D eigenvalue weighted by molar-refractivity contribution is 5.48. The highest BCUT2D eigenvalue weighted by Crippen LogP contribution is 2.18. The molecule has 0 aliphatic rings. The van der Waals surface area contributed by atoms with Gasteiger partial charge in [-0.15, -0.1) is 0 Å². The fourth-order valence-corrected chi connectivity index (χ4v) is 1.72. The monoisotopic (exact) mass is 259 g/mol. The lowest BCUT2D eigenvalue weighted by molar-refractivity contribution is 0.271. The van der Waals surface area contributed by atoms with Gasteiger partial charge in [-0.1, -0.05) is 19.9 Å². The highest BCUT2D eigenvalue weighted by Gasteiger charge is 2.00. The van der Waals surface area contributed by atoms with Gasteiger partial charge in [-0.25, -0.2) is 4.98 Å². The molecule has 0 amide bonds.